The van der Waals surface area contributed by atoms with E-state index in [4.69, 9.17) is 0 Å². The highest BCUT2D eigenvalue weighted by molar-refractivity contribution is 14.1. The summed E-state index contributed by atoms with van der Waals surface area (Å²) in [7, 11) is 0. The van der Waals surface area contributed by atoms with E-state index in [0.717, 1.165) is 5.56 Å². The molecule has 2 aromatic rings. The molecule has 29 heavy (non-hydrogen) atoms. The Morgan fingerprint density at radius 1 is 0.931 bits per heavy atom. The predicted molar refractivity (Wildman–Crippen MR) is 125 cm³/mol. The summed E-state index contributed by atoms with van der Waals surface area (Å²) in [6.45, 7) is 1.31. The van der Waals surface area contributed by atoms with Crippen LogP contribution in [0.5, 0.6) is 5.75 Å². The van der Waals surface area contributed by atoms with Crippen LogP contribution in [0.4, 0.5) is 0 Å². The first kappa shape index (κ1) is 23.4. The van der Waals surface area contributed by atoms with E-state index >= 15 is 0 Å². The van der Waals surface area contributed by atoms with Gasteiger partial charge in [0.05, 0.1) is 7.14 Å². The van der Waals surface area contributed by atoms with Crippen molar-refractivity contribution < 1.29 is 24.6 Å². The normalized spacial score (nSPS) is 12.7. The summed E-state index contributed by atoms with van der Waals surface area (Å²) in [6, 6.07) is 10.4. The molecule has 0 aromatic heterocycles. The minimum absolute atomic E-state index is 0.0471. The first-order valence-electron chi connectivity index (χ1n) is 8.68. The van der Waals surface area contributed by atoms with Crippen molar-refractivity contribution >= 4 is 63.0 Å². The molecule has 0 spiro atoms. The lowest BCUT2D eigenvalue weighted by atomic mass is 10.0. The van der Waals surface area contributed by atoms with Crippen LogP contribution in [0.25, 0.3) is 0 Å². The van der Waals surface area contributed by atoms with Crippen LogP contribution in [0.1, 0.15) is 18.1 Å². The maximum atomic E-state index is 12.7. The molecule has 0 aliphatic rings. The second-order valence-electron chi connectivity index (χ2n) is 6.45. The summed E-state index contributed by atoms with van der Waals surface area (Å²) in [4.78, 5) is 36.0. The fraction of sp³-hybridized carbons (Fsp3) is 0.250. The summed E-state index contributed by atoms with van der Waals surface area (Å²) in [5.41, 5.74) is 1.51. The fourth-order valence-electron chi connectivity index (χ4n) is 2.75. The number of halogens is 2. The van der Waals surface area contributed by atoms with E-state index in [0.29, 0.717) is 12.7 Å². The van der Waals surface area contributed by atoms with E-state index in [1.54, 1.807) is 12.1 Å². The lowest BCUT2D eigenvalue weighted by Crippen LogP contribution is -2.52. The number of aromatic hydroxyl groups is 1. The Balaban J connectivity index is 2.17. The van der Waals surface area contributed by atoms with Crippen molar-refractivity contribution in [3.05, 3.63) is 60.7 Å². The number of carbonyl (C=O) groups excluding carboxylic acids is 2. The van der Waals surface area contributed by atoms with Crippen LogP contribution in [0, 0.1) is 7.14 Å². The second kappa shape index (κ2) is 10.8. The van der Waals surface area contributed by atoms with Gasteiger partial charge >= 0.3 is 5.97 Å². The molecule has 0 aliphatic carbocycles. The summed E-state index contributed by atoms with van der Waals surface area (Å²) >= 11 is 3.93. The van der Waals surface area contributed by atoms with Crippen molar-refractivity contribution in [2.45, 2.75) is 31.8 Å². The fourth-order valence-corrected chi connectivity index (χ4v) is 4.65. The molecule has 2 atom stereocenters. The van der Waals surface area contributed by atoms with Crippen LogP contribution < -0.4 is 10.6 Å². The van der Waals surface area contributed by atoms with Crippen molar-refractivity contribution in [3.8, 4) is 5.75 Å². The zero-order valence-corrected chi connectivity index (χ0v) is 19.8. The number of carboxylic acid groups (broad SMARTS) is 1. The monoisotopic (exact) mass is 622 g/mol. The Hall–Kier alpha value is -1.89. The molecular formula is C20H20I2N2O5. The Morgan fingerprint density at radius 2 is 1.48 bits per heavy atom. The van der Waals surface area contributed by atoms with Gasteiger partial charge in [0.25, 0.3) is 0 Å². The smallest absolute Gasteiger partial charge is 0.326 e. The molecule has 0 unspecified atom stereocenters. The molecule has 154 valence electrons. The molecule has 0 aliphatic heterocycles. The molecule has 0 fully saturated rings. The van der Waals surface area contributed by atoms with E-state index in [1.165, 1.54) is 6.92 Å². The van der Waals surface area contributed by atoms with Gasteiger partial charge in [0.2, 0.25) is 11.8 Å². The lowest BCUT2D eigenvalue weighted by molar-refractivity contribution is -0.142. The third kappa shape index (κ3) is 7.14. The van der Waals surface area contributed by atoms with Crippen LogP contribution in [-0.4, -0.2) is 40.1 Å². The Morgan fingerprint density at radius 3 is 2.00 bits per heavy atom. The topological polar surface area (TPSA) is 116 Å². The number of hydrogen-bond acceptors (Lipinski definition) is 4. The number of benzene rings is 2. The molecule has 7 nitrogen and oxygen atoms in total. The number of carboxylic acids is 1. The average Bonchev–Trinajstić information content (AvgIpc) is 2.65. The molecule has 0 heterocycles. The van der Waals surface area contributed by atoms with Gasteiger partial charge in [0.1, 0.15) is 17.8 Å². The molecule has 4 N–H and O–H groups in total. The van der Waals surface area contributed by atoms with Crippen LogP contribution in [0.3, 0.4) is 0 Å². The number of phenols is 1. The molecule has 0 saturated carbocycles. The molecule has 0 radical (unpaired) electrons. The first-order chi connectivity index (χ1) is 13.7. The molecule has 2 aromatic carbocycles. The minimum Gasteiger partial charge on any atom is -0.506 e. The quantitative estimate of drug-likeness (QED) is 0.338. The maximum absolute atomic E-state index is 12.7. The largest absolute Gasteiger partial charge is 0.506 e. The number of phenolic OH excluding ortho intramolecular Hbond substituents is 1. The van der Waals surface area contributed by atoms with Gasteiger partial charge in [0.15, 0.2) is 0 Å². The standard InChI is InChI=1S/C20H20I2N2O5/c1-11(25)23-16(9-12-5-3-2-4-6-12)19(27)24-17(20(28)29)10-13-7-14(21)18(26)15(22)8-13/h2-8,16-17,26H,9-10H2,1H3,(H,23,25)(H,24,27)(H,28,29)/t16-,17-/m0/s1. The summed E-state index contributed by atoms with van der Waals surface area (Å²) < 4.78 is 1.19. The third-order valence-corrected chi connectivity index (χ3v) is 5.75. The number of carbonyl (C=O) groups is 3. The van der Waals surface area contributed by atoms with E-state index in [1.807, 2.05) is 75.5 Å². The van der Waals surface area contributed by atoms with E-state index < -0.39 is 24.0 Å². The molecular weight excluding hydrogens is 602 g/mol. The number of nitrogens with one attached hydrogen (secondary N) is 2. The van der Waals surface area contributed by atoms with Gasteiger partial charge in [-0.25, -0.2) is 4.79 Å². The summed E-state index contributed by atoms with van der Waals surface area (Å²) in [5, 5.41) is 24.6. The Bertz CT molecular complexity index is 882. The van der Waals surface area contributed by atoms with Gasteiger partial charge in [-0.15, -0.1) is 0 Å². The Labute approximate surface area is 195 Å². The molecule has 2 rings (SSSR count). The van der Waals surface area contributed by atoms with E-state index in [2.05, 4.69) is 10.6 Å². The molecule has 9 heteroatoms. The number of hydrogen-bond donors (Lipinski definition) is 4. The summed E-state index contributed by atoms with van der Waals surface area (Å²) in [6.07, 6.45) is 0.291. The van der Waals surface area contributed by atoms with Crippen molar-refractivity contribution in [2.75, 3.05) is 0 Å². The van der Waals surface area contributed by atoms with Crippen molar-refractivity contribution in [1.82, 2.24) is 10.6 Å². The molecule has 0 saturated heterocycles. The van der Waals surface area contributed by atoms with Gasteiger partial charge in [0, 0.05) is 19.8 Å². The average molecular weight is 622 g/mol. The first-order valence-corrected chi connectivity index (χ1v) is 10.8. The van der Waals surface area contributed by atoms with Gasteiger partial charge in [-0.05, 0) is 68.4 Å². The second-order valence-corrected chi connectivity index (χ2v) is 8.78. The zero-order chi connectivity index (χ0) is 21.6. The third-order valence-electron chi connectivity index (χ3n) is 4.11. The van der Waals surface area contributed by atoms with Gasteiger partial charge < -0.3 is 20.8 Å². The zero-order valence-electron chi connectivity index (χ0n) is 15.5. The van der Waals surface area contributed by atoms with Crippen LogP contribution >= 0.6 is 45.2 Å². The van der Waals surface area contributed by atoms with Crippen LogP contribution in [0.15, 0.2) is 42.5 Å². The Kier molecular flexibility index (Phi) is 8.68. The van der Waals surface area contributed by atoms with Gasteiger partial charge in [-0.2, -0.15) is 0 Å². The number of aliphatic carboxylic acids is 1. The maximum Gasteiger partial charge on any atom is 0.326 e. The molecule has 0 bridgehead atoms. The van der Waals surface area contributed by atoms with Gasteiger partial charge in [-0.3, -0.25) is 9.59 Å². The highest BCUT2D eigenvalue weighted by atomic mass is 127. The van der Waals surface area contributed by atoms with Crippen molar-refractivity contribution in [2.24, 2.45) is 0 Å². The molecule has 2 amide bonds. The van der Waals surface area contributed by atoms with Crippen molar-refractivity contribution in [1.29, 1.82) is 0 Å². The van der Waals surface area contributed by atoms with Crippen LogP contribution in [-0.2, 0) is 27.2 Å². The number of rotatable bonds is 8. The highest BCUT2D eigenvalue weighted by Gasteiger charge is 2.26. The predicted octanol–water partition coefficient (Wildman–Crippen LogP) is 2.46. The van der Waals surface area contributed by atoms with Crippen LogP contribution in [0.2, 0.25) is 0 Å². The van der Waals surface area contributed by atoms with E-state index in [-0.39, 0.29) is 24.5 Å². The SMILES string of the molecule is CC(=O)N[C@@H](Cc1ccccc1)C(=O)N[C@@H](Cc1cc(I)c(O)c(I)c1)C(=O)O. The van der Waals surface area contributed by atoms with E-state index in [9.17, 15) is 24.6 Å². The van der Waals surface area contributed by atoms with Crippen molar-refractivity contribution in [3.63, 3.8) is 0 Å². The number of amides is 2. The highest BCUT2D eigenvalue weighted by Crippen LogP contribution is 2.27. The lowest BCUT2D eigenvalue weighted by Gasteiger charge is -2.21. The minimum atomic E-state index is -1.18. The van der Waals surface area contributed by atoms with Gasteiger partial charge in [-0.1, -0.05) is 30.3 Å². The summed E-state index contributed by atoms with van der Waals surface area (Å²) in [5.74, 6) is -1.99.